The number of anilines is 1. The molecule has 2 fully saturated rings. The van der Waals surface area contributed by atoms with Gasteiger partial charge in [0, 0.05) is 28.6 Å². The van der Waals surface area contributed by atoms with Crippen molar-refractivity contribution in [2.45, 2.75) is 57.2 Å². The molecular weight excluding hydrogens is 507 g/mol. The van der Waals surface area contributed by atoms with E-state index in [-0.39, 0.29) is 100 Å². The molecule has 3 N–H and O–H groups in total. The summed E-state index contributed by atoms with van der Waals surface area (Å²) in [4.78, 5) is 40.9. The van der Waals surface area contributed by atoms with Gasteiger partial charge in [-0.25, -0.2) is 9.78 Å². The molecule has 8 nitrogen and oxygen atoms in total. The predicted molar refractivity (Wildman–Crippen MR) is 118 cm³/mol. The number of rotatable bonds is 5. The Kier molecular flexibility index (Phi) is 9.54. The van der Waals surface area contributed by atoms with Gasteiger partial charge in [0.25, 0.3) is 5.91 Å². The number of nitrogens with one attached hydrogen (secondary N) is 1. The molecule has 3 aliphatic rings. The first-order chi connectivity index (χ1) is 15.1. The van der Waals surface area contributed by atoms with E-state index in [2.05, 4.69) is 10.3 Å². The van der Waals surface area contributed by atoms with Crippen molar-refractivity contribution in [2.75, 3.05) is 5.32 Å². The Labute approximate surface area is 250 Å². The molecule has 2 heterocycles. The zero-order chi connectivity index (χ0) is 23.1. The van der Waals surface area contributed by atoms with Crippen LogP contribution in [0.3, 0.4) is 0 Å². The number of esters is 1. The number of hydrogen-bond donors (Lipinski definition) is 3. The molecule has 2 bridgehead atoms. The maximum atomic E-state index is 13.2. The fraction of sp³-hybridized carbons (Fsp3) is 0.478. The molecule has 4 atom stereocenters. The molecular formula is C23H26ClKN2O6S. The summed E-state index contributed by atoms with van der Waals surface area (Å²) in [5, 5.41) is 26.1. The number of thiazole rings is 1. The van der Waals surface area contributed by atoms with Crippen LogP contribution in [0.25, 0.3) is 0 Å². The molecule has 1 aromatic heterocycles. The van der Waals surface area contributed by atoms with Crippen LogP contribution in [0.2, 0.25) is 0 Å². The maximum absolute atomic E-state index is 13.2. The molecule has 1 saturated heterocycles. The van der Waals surface area contributed by atoms with Crippen LogP contribution in [0.15, 0.2) is 47.0 Å². The van der Waals surface area contributed by atoms with E-state index < -0.39 is 28.6 Å². The number of cyclic esters (lactones) is 1. The van der Waals surface area contributed by atoms with Gasteiger partial charge in [-0.05, 0) is 52.0 Å². The van der Waals surface area contributed by atoms with E-state index in [1.165, 1.54) is 11.3 Å². The Morgan fingerprint density at radius 3 is 2.74 bits per heavy atom. The van der Waals surface area contributed by atoms with E-state index >= 15 is 0 Å². The van der Waals surface area contributed by atoms with Crippen LogP contribution in [-0.4, -0.2) is 44.2 Å². The number of aromatic nitrogens is 1. The molecule has 2 aliphatic carbocycles. The summed E-state index contributed by atoms with van der Waals surface area (Å²) >= 11 is 1.32. The SMILES string of the molecule is C/C(=C\C=C\[C@@]1(C)OC(=O)[C@]23CC=C(C(=O)O)CC[C@]2(O)[C@H]1CC3)C(=O)Nc1nccs1.[Cl-].[K+]. The van der Waals surface area contributed by atoms with Crippen molar-refractivity contribution in [2.24, 2.45) is 11.3 Å². The Morgan fingerprint density at radius 2 is 2.09 bits per heavy atom. The summed E-state index contributed by atoms with van der Waals surface area (Å²) in [7, 11) is 0. The summed E-state index contributed by atoms with van der Waals surface area (Å²) in [5.74, 6) is -2.17. The fourth-order valence-corrected chi connectivity index (χ4v) is 5.90. The van der Waals surface area contributed by atoms with E-state index in [0.717, 1.165) is 0 Å². The standard InChI is InChI=1S/C23H26N2O6S.ClH.K/c1-14(17(26)25-20-24-12-13-32-20)4-3-8-21(2)16-7-10-22(19(29)31-21)9-5-15(18(27)28)6-11-23(16,22)30;;/h3-5,8,12-13,16,30H,6-7,9-11H2,1-2H3,(H,27,28)(H,24,25,26);1H;/q;;+1/p-1/b8-3+,14-4+;;/t16-,21+,22+,23-;;/m0../s1. The minimum absolute atomic E-state index is 0. The van der Waals surface area contributed by atoms with E-state index in [0.29, 0.717) is 23.5 Å². The first kappa shape index (κ1) is 29.4. The molecule has 1 saturated carbocycles. The molecule has 0 unspecified atom stereocenters. The summed E-state index contributed by atoms with van der Waals surface area (Å²) in [6.45, 7) is 3.43. The van der Waals surface area contributed by atoms with Gasteiger partial charge in [-0.3, -0.25) is 14.9 Å². The predicted octanol–water partition coefficient (Wildman–Crippen LogP) is -2.77. The quantitative estimate of drug-likeness (QED) is 0.162. The molecule has 11 heteroatoms. The molecule has 0 spiro atoms. The topological polar surface area (TPSA) is 126 Å². The van der Waals surface area contributed by atoms with Crippen molar-refractivity contribution in [1.82, 2.24) is 4.98 Å². The zero-order valence-corrected chi connectivity index (χ0v) is 24.0. The van der Waals surface area contributed by atoms with Crippen LogP contribution in [-0.2, 0) is 19.1 Å². The van der Waals surface area contributed by atoms with Crippen LogP contribution >= 0.6 is 11.3 Å². The fourth-order valence-electron chi connectivity index (χ4n) is 5.37. The number of carbonyl (C=O) groups is 3. The molecule has 1 aromatic rings. The number of halogens is 1. The first-order valence-corrected chi connectivity index (χ1v) is 11.4. The van der Waals surface area contributed by atoms with Gasteiger partial charge in [0.05, 0.1) is 5.60 Å². The summed E-state index contributed by atoms with van der Waals surface area (Å²) in [5.41, 5.74) is -2.85. The third-order valence-corrected chi connectivity index (χ3v) is 7.88. The number of nitrogens with zero attached hydrogens (tertiary/aromatic N) is 1. The molecule has 34 heavy (non-hydrogen) atoms. The Bertz CT molecular complexity index is 1060. The molecule has 4 rings (SSSR count). The van der Waals surface area contributed by atoms with Crippen LogP contribution in [0.1, 0.15) is 46.0 Å². The van der Waals surface area contributed by atoms with Crippen LogP contribution < -0.4 is 69.1 Å². The van der Waals surface area contributed by atoms with Gasteiger partial charge in [0.2, 0.25) is 0 Å². The van der Waals surface area contributed by atoms with Crippen molar-refractivity contribution >= 4 is 34.3 Å². The number of aliphatic hydroxyl groups is 1. The second-order valence-electron chi connectivity index (χ2n) is 8.91. The van der Waals surface area contributed by atoms with E-state index in [1.54, 1.807) is 49.7 Å². The van der Waals surface area contributed by atoms with Crippen molar-refractivity contribution in [3.8, 4) is 0 Å². The Balaban J connectivity index is 0.00000204. The number of carboxylic acid groups (broad SMARTS) is 1. The second-order valence-corrected chi connectivity index (χ2v) is 9.80. The first-order valence-electron chi connectivity index (χ1n) is 10.6. The smallest absolute Gasteiger partial charge is 1.00 e. The molecule has 178 valence electrons. The van der Waals surface area contributed by atoms with Gasteiger partial charge < -0.3 is 27.4 Å². The number of aliphatic carboxylic acids is 1. The largest absolute Gasteiger partial charge is 1.00 e. The van der Waals surface area contributed by atoms with Gasteiger partial charge in [-0.15, -0.1) is 11.3 Å². The van der Waals surface area contributed by atoms with Crippen molar-refractivity contribution in [3.63, 3.8) is 0 Å². The summed E-state index contributed by atoms with van der Waals surface area (Å²) in [6.07, 6.45) is 9.76. The van der Waals surface area contributed by atoms with Gasteiger partial charge in [0.15, 0.2) is 5.13 Å². The van der Waals surface area contributed by atoms with Crippen molar-refractivity contribution < 1.29 is 93.1 Å². The molecule has 0 aromatic carbocycles. The third-order valence-electron chi connectivity index (χ3n) is 7.19. The Hall–Kier alpha value is -0.854. The van der Waals surface area contributed by atoms with Gasteiger partial charge in [-0.1, -0.05) is 18.2 Å². The molecule has 1 aliphatic heterocycles. The monoisotopic (exact) mass is 532 g/mol. The second kappa shape index (κ2) is 11.0. The third kappa shape index (κ3) is 5.01. The number of carboxylic acids is 1. The average molecular weight is 533 g/mol. The van der Waals surface area contributed by atoms with Crippen LogP contribution in [0.5, 0.6) is 0 Å². The number of allylic oxidation sites excluding steroid dienone is 3. The summed E-state index contributed by atoms with van der Waals surface area (Å²) in [6, 6.07) is 0. The minimum atomic E-state index is -1.35. The number of carbonyl (C=O) groups excluding carboxylic acids is 2. The van der Waals surface area contributed by atoms with E-state index in [4.69, 9.17) is 4.74 Å². The number of ether oxygens (including phenoxy) is 1. The minimum Gasteiger partial charge on any atom is -1.00 e. The van der Waals surface area contributed by atoms with Gasteiger partial charge in [0.1, 0.15) is 11.0 Å². The Morgan fingerprint density at radius 1 is 1.35 bits per heavy atom. The van der Waals surface area contributed by atoms with E-state index in [9.17, 15) is 24.6 Å². The van der Waals surface area contributed by atoms with Gasteiger partial charge >= 0.3 is 63.3 Å². The van der Waals surface area contributed by atoms with Crippen molar-refractivity contribution in [1.29, 1.82) is 0 Å². The van der Waals surface area contributed by atoms with E-state index in [1.807, 2.05) is 0 Å². The number of hydrogen-bond acceptors (Lipinski definition) is 7. The zero-order valence-electron chi connectivity index (χ0n) is 19.3. The van der Waals surface area contributed by atoms with Crippen LogP contribution in [0, 0.1) is 11.3 Å². The summed E-state index contributed by atoms with van der Waals surface area (Å²) < 4.78 is 5.86. The number of amides is 1. The average Bonchev–Trinajstić information content (AvgIpc) is 3.27. The van der Waals surface area contributed by atoms with Gasteiger partial charge in [-0.2, -0.15) is 0 Å². The maximum Gasteiger partial charge on any atom is 1.00 e. The normalized spacial score (nSPS) is 32.4. The molecule has 1 amide bonds. The molecule has 0 radical (unpaired) electrons. The van der Waals surface area contributed by atoms with Crippen LogP contribution in [0.4, 0.5) is 5.13 Å². The van der Waals surface area contributed by atoms with Crippen molar-refractivity contribution in [3.05, 3.63) is 47.0 Å².